The Hall–Kier alpha value is -1.26. The van der Waals surface area contributed by atoms with Gasteiger partial charge in [0.25, 0.3) is 0 Å². The van der Waals surface area contributed by atoms with Crippen molar-refractivity contribution in [2.75, 3.05) is 38.8 Å². The lowest BCUT2D eigenvalue weighted by Crippen LogP contribution is -2.40. The second-order valence-electron chi connectivity index (χ2n) is 5.41. The number of hydrogen-bond donors (Lipinski definition) is 1. The van der Waals surface area contributed by atoms with Gasteiger partial charge in [0.15, 0.2) is 0 Å². The van der Waals surface area contributed by atoms with E-state index in [1.54, 1.807) is 7.11 Å². The first-order valence-electron chi connectivity index (χ1n) is 7.41. The van der Waals surface area contributed by atoms with Crippen molar-refractivity contribution in [3.05, 3.63) is 24.3 Å². The summed E-state index contributed by atoms with van der Waals surface area (Å²) in [5.41, 5.74) is 1.21. The number of nitrogens with one attached hydrogen (secondary N) is 1. The minimum Gasteiger partial charge on any atom is -0.497 e. The fourth-order valence-corrected chi connectivity index (χ4v) is 2.55. The molecule has 0 bridgehead atoms. The summed E-state index contributed by atoms with van der Waals surface area (Å²) in [6, 6.07) is 8.59. The van der Waals surface area contributed by atoms with Crippen LogP contribution < -0.4 is 15.0 Å². The van der Waals surface area contributed by atoms with E-state index in [9.17, 15) is 0 Å². The molecule has 1 aromatic carbocycles. The van der Waals surface area contributed by atoms with Crippen molar-refractivity contribution in [1.29, 1.82) is 0 Å². The van der Waals surface area contributed by atoms with Gasteiger partial charge in [-0.25, -0.2) is 0 Å². The van der Waals surface area contributed by atoms with E-state index in [2.05, 4.69) is 36.3 Å². The highest BCUT2D eigenvalue weighted by molar-refractivity contribution is 5.48. The average molecular weight is 278 g/mol. The molecule has 4 heteroatoms. The standard InChI is InChI=1S/C16H26N2O2/c1-13(16-5-4-12-20-16)17-10-11-18(2)14-6-8-15(19-3)9-7-14/h6-9,13,16-17H,4-5,10-12H2,1-3H3. The van der Waals surface area contributed by atoms with Crippen molar-refractivity contribution in [2.45, 2.75) is 31.9 Å². The van der Waals surface area contributed by atoms with Crippen LogP contribution in [-0.2, 0) is 4.74 Å². The van der Waals surface area contributed by atoms with Gasteiger partial charge in [-0.2, -0.15) is 0 Å². The molecule has 1 aliphatic heterocycles. The van der Waals surface area contributed by atoms with Crippen molar-refractivity contribution >= 4 is 5.69 Å². The van der Waals surface area contributed by atoms with Gasteiger partial charge in [-0.1, -0.05) is 0 Å². The number of benzene rings is 1. The molecule has 0 aliphatic carbocycles. The summed E-state index contributed by atoms with van der Waals surface area (Å²) in [6.07, 6.45) is 2.77. The number of anilines is 1. The smallest absolute Gasteiger partial charge is 0.119 e. The van der Waals surface area contributed by atoms with E-state index >= 15 is 0 Å². The van der Waals surface area contributed by atoms with Crippen molar-refractivity contribution < 1.29 is 9.47 Å². The van der Waals surface area contributed by atoms with Gasteiger partial charge >= 0.3 is 0 Å². The number of hydrogen-bond acceptors (Lipinski definition) is 4. The van der Waals surface area contributed by atoms with Gasteiger partial charge in [0.1, 0.15) is 5.75 Å². The molecule has 0 spiro atoms. The molecule has 0 amide bonds. The molecule has 0 saturated carbocycles. The van der Waals surface area contributed by atoms with E-state index in [1.165, 1.54) is 18.5 Å². The zero-order valence-electron chi connectivity index (χ0n) is 12.8. The minimum absolute atomic E-state index is 0.390. The zero-order valence-corrected chi connectivity index (χ0v) is 12.8. The summed E-state index contributed by atoms with van der Waals surface area (Å²) in [7, 11) is 3.80. The van der Waals surface area contributed by atoms with E-state index in [-0.39, 0.29) is 0 Å². The lowest BCUT2D eigenvalue weighted by Gasteiger charge is -2.24. The maximum atomic E-state index is 5.69. The molecule has 1 aromatic rings. The third-order valence-corrected chi connectivity index (χ3v) is 3.95. The van der Waals surface area contributed by atoms with Crippen LogP contribution >= 0.6 is 0 Å². The van der Waals surface area contributed by atoms with Gasteiger partial charge < -0.3 is 19.7 Å². The van der Waals surface area contributed by atoms with Crippen LogP contribution in [0.5, 0.6) is 5.75 Å². The number of rotatable bonds is 7. The first kappa shape index (κ1) is 15.1. The molecule has 1 aliphatic rings. The van der Waals surface area contributed by atoms with Crippen LogP contribution in [-0.4, -0.2) is 46.0 Å². The molecular formula is C16H26N2O2. The first-order chi connectivity index (χ1) is 9.70. The van der Waals surface area contributed by atoms with Crippen LogP contribution in [0, 0.1) is 0 Å². The van der Waals surface area contributed by atoms with Crippen LogP contribution in [0.15, 0.2) is 24.3 Å². The quantitative estimate of drug-likeness (QED) is 0.830. The van der Waals surface area contributed by atoms with Crippen molar-refractivity contribution in [3.8, 4) is 5.75 Å². The molecule has 2 rings (SSSR count). The van der Waals surface area contributed by atoms with Gasteiger partial charge in [0.05, 0.1) is 13.2 Å². The number of nitrogens with zero attached hydrogens (tertiary/aromatic N) is 1. The lowest BCUT2D eigenvalue weighted by atomic mass is 10.1. The Labute approximate surface area is 122 Å². The Morgan fingerprint density at radius 1 is 1.40 bits per heavy atom. The predicted octanol–water partition coefficient (Wildman–Crippen LogP) is 2.29. The van der Waals surface area contributed by atoms with E-state index in [0.29, 0.717) is 12.1 Å². The van der Waals surface area contributed by atoms with E-state index in [4.69, 9.17) is 9.47 Å². The second-order valence-corrected chi connectivity index (χ2v) is 5.41. The average Bonchev–Trinajstić information content (AvgIpc) is 3.01. The maximum Gasteiger partial charge on any atom is 0.119 e. The Morgan fingerprint density at radius 3 is 2.75 bits per heavy atom. The van der Waals surface area contributed by atoms with Crippen LogP contribution in [0.2, 0.25) is 0 Å². The summed E-state index contributed by atoms with van der Waals surface area (Å²) in [5, 5.41) is 3.56. The van der Waals surface area contributed by atoms with Crippen LogP contribution in [0.25, 0.3) is 0 Å². The van der Waals surface area contributed by atoms with E-state index in [1.807, 2.05) is 12.1 Å². The molecule has 0 radical (unpaired) electrons. The van der Waals surface area contributed by atoms with Gasteiger partial charge in [0.2, 0.25) is 0 Å². The van der Waals surface area contributed by atoms with E-state index in [0.717, 1.165) is 25.4 Å². The predicted molar refractivity (Wildman–Crippen MR) is 82.7 cm³/mol. The summed E-state index contributed by atoms with van der Waals surface area (Å²) in [4.78, 5) is 2.24. The van der Waals surface area contributed by atoms with Crippen molar-refractivity contribution in [2.24, 2.45) is 0 Å². The fraction of sp³-hybridized carbons (Fsp3) is 0.625. The molecule has 1 saturated heterocycles. The highest BCUT2D eigenvalue weighted by Gasteiger charge is 2.21. The number of likely N-dealkylation sites (N-methyl/N-ethyl adjacent to an activating group) is 1. The van der Waals surface area contributed by atoms with Gasteiger partial charge in [-0.15, -0.1) is 0 Å². The Bertz CT molecular complexity index is 388. The highest BCUT2D eigenvalue weighted by atomic mass is 16.5. The zero-order chi connectivity index (χ0) is 14.4. The number of methoxy groups -OCH3 is 1. The molecule has 1 fully saturated rings. The summed E-state index contributed by atoms with van der Waals surface area (Å²) < 4.78 is 10.9. The van der Waals surface area contributed by atoms with Crippen LogP contribution in [0.3, 0.4) is 0 Å². The molecule has 1 N–H and O–H groups in total. The number of ether oxygens (including phenoxy) is 2. The molecule has 2 unspecified atom stereocenters. The Morgan fingerprint density at radius 2 is 2.15 bits per heavy atom. The Balaban J connectivity index is 1.72. The second kappa shape index (κ2) is 7.50. The van der Waals surface area contributed by atoms with Gasteiger partial charge in [-0.3, -0.25) is 0 Å². The largest absolute Gasteiger partial charge is 0.497 e. The normalized spacial score (nSPS) is 19.9. The minimum atomic E-state index is 0.390. The SMILES string of the molecule is COc1ccc(N(C)CCNC(C)C2CCCO2)cc1. The lowest BCUT2D eigenvalue weighted by molar-refractivity contribution is 0.0841. The summed E-state index contributed by atoms with van der Waals surface area (Å²) in [5.74, 6) is 0.896. The molecule has 2 atom stereocenters. The Kier molecular flexibility index (Phi) is 5.68. The summed E-state index contributed by atoms with van der Waals surface area (Å²) in [6.45, 7) is 5.07. The monoisotopic (exact) mass is 278 g/mol. The molecule has 112 valence electrons. The fourth-order valence-electron chi connectivity index (χ4n) is 2.55. The highest BCUT2D eigenvalue weighted by Crippen LogP contribution is 2.18. The maximum absolute atomic E-state index is 5.69. The van der Waals surface area contributed by atoms with Crippen LogP contribution in [0.4, 0.5) is 5.69 Å². The van der Waals surface area contributed by atoms with Gasteiger partial charge in [-0.05, 0) is 44.0 Å². The molecule has 20 heavy (non-hydrogen) atoms. The third kappa shape index (κ3) is 4.12. The molecular weight excluding hydrogens is 252 g/mol. The molecule has 4 nitrogen and oxygen atoms in total. The van der Waals surface area contributed by atoms with Crippen molar-refractivity contribution in [3.63, 3.8) is 0 Å². The molecule has 0 aromatic heterocycles. The van der Waals surface area contributed by atoms with Gasteiger partial charge in [0, 0.05) is 38.5 Å². The van der Waals surface area contributed by atoms with Crippen molar-refractivity contribution in [1.82, 2.24) is 5.32 Å². The van der Waals surface area contributed by atoms with Crippen LogP contribution in [0.1, 0.15) is 19.8 Å². The topological polar surface area (TPSA) is 33.7 Å². The molecule has 1 heterocycles. The summed E-state index contributed by atoms with van der Waals surface area (Å²) >= 11 is 0. The first-order valence-corrected chi connectivity index (χ1v) is 7.41. The van der Waals surface area contributed by atoms with E-state index < -0.39 is 0 Å². The third-order valence-electron chi connectivity index (χ3n) is 3.95.